The van der Waals surface area contributed by atoms with Crippen molar-refractivity contribution in [2.24, 2.45) is 0 Å². The van der Waals surface area contributed by atoms with Crippen molar-refractivity contribution in [3.05, 3.63) is 0 Å². The van der Waals surface area contributed by atoms with Gasteiger partial charge in [-0.3, -0.25) is 0 Å². The second-order valence-corrected chi connectivity index (χ2v) is 7.07. The highest BCUT2D eigenvalue weighted by molar-refractivity contribution is 6.60. The van der Waals surface area contributed by atoms with E-state index in [1.54, 1.807) is 7.11 Å². The van der Waals surface area contributed by atoms with Crippen molar-refractivity contribution in [1.29, 1.82) is 0 Å². The third-order valence-electron chi connectivity index (χ3n) is 1.98. The van der Waals surface area contributed by atoms with E-state index in [1.807, 2.05) is 27.7 Å². The molecule has 0 fully saturated rings. The number of hydrogen-bond acceptors (Lipinski definition) is 3. The van der Waals surface area contributed by atoms with Gasteiger partial charge in [0.25, 0.3) is 0 Å². The van der Waals surface area contributed by atoms with Gasteiger partial charge >= 0.3 is 8.80 Å². The molecule has 0 amide bonds. The first-order chi connectivity index (χ1) is 6.95. The SMILES string of the molecule is CCCC[Si](OC)(OC(C)C)OC(C)C. The lowest BCUT2D eigenvalue weighted by atomic mass is 10.4. The van der Waals surface area contributed by atoms with Crippen LogP contribution in [0, 0.1) is 0 Å². The fourth-order valence-corrected chi connectivity index (χ4v) is 4.37. The molecule has 0 aromatic heterocycles. The average molecular weight is 234 g/mol. The Bertz CT molecular complexity index is 150. The lowest BCUT2D eigenvalue weighted by Crippen LogP contribution is -2.48. The number of rotatable bonds is 8. The van der Waals surface area contributed by atoms with E-state index in [0.29, 0.717) is 0 Å². The maximum absolute atomic E-state index is 5.89. The summed E-state index contributed by atoms with van der Waals surface area (Å²) in [4.78, 5) is 0. The first-order valence-corrected chi connectivity index (χ1v) is 7.79. The summed E-state index contributed by atoms with van der Waals surface area (Å²) < 4.78 is 17.3. The van der Waals surface area contributed by atoms with Gasteiger partial charge in [0, 0.05) is 25.4 Å². The Hall–Kier alpha value is 0.0969. The van der Waals surface area contributed by atoms with Crippen LogP contribution < -0.4 is 0 Å². The van der Waals surface area contributed by atoms with Gasteiger partial charge in [0.05, 0.1) is 0 Å². The first-order valence-electron chi connectivity index (χ1n) is 5.86. The van der Waals surface area contributed by atoms with Gasteiger partial charge in [-0.05, 0) is 34.1 Å². The van der Waals surface area contributed by atoms with Crippen LogP contribution >= 0.6 is 0 Å². The molecule has 0 aliphatic heterocycles. The largest absolute Gasteiger partial charge is 0.501 e. The number of hydrogen-bond donors (Lipinski definition) is 0. The molecule has 0 aliphatic carbocycles. The van der Waals surface area contributed by atoms with Gasteiger partial charge in [0.15, 0.2) is 0 Å². The quantitative estimate of drug-likeness (QED) is 0.604. The van der Waals surface area contributed by atoms with E-state index in [2.05, 4.69) is 6.92 Å². The van der Waals surface area contributed by atoms with Crippen LogP contribution in [0.3, 0.4) is 0 Å². The topological polar surface area (TPSA) is 27.7 Å². The molecule has 0 heterocycles. The first kappa shape index (κ1) is 15.1. The summed E-state index contributed by atoms with van der Waals surface area (Å²) in [6.07, 6.45) is 2.56. The Morgan fingerprint density at radius 2 is 1.47 bits per heavy atom. The predicted octanol–water partition coefficient (Wildman–Crippen LogP) is 3.22. The minimum absolute atomic E-state index is 0.159. The van der Waals surface area contributed by atoms with Crippen molar-refractivity contribution in [3.8, 4) is 0 Å². The normalized spacial score (nSPS) is 12.8. The van der Waals surface area contributed by atoms with Crippen molar-refractivity contribution in [3.63, 3.8) is 0 Å². The van der Waals surface area contributed by atoms with Crippen LogP contribution in [0.4, 0.5) is 0 Å². The highest BCUT2D eigenvalue weighted by Crippen LogP contribution is 2.21. The van der Waals surface area contributed by atoms with E-state index < -0.39 is 8.80 Å². The smallest absolute Gasteiger partial charge is 0.377 e. The molecule has 0 rings (SSSR count). The maximum Gasteiger partial charge on any atom is 0.501 e. The van der Waals surface area contributed by atoms with Crippen LogP contribution in [0.5, 0.6) is 0 Å². The summed E-state index contributed by atoms with van der Waals surface area (Å²) in [5.74, 6) is 0. The monoisotopic (exact) mass is 234 g/mol. The second kappa shape index (κ2) is 7.38. The van der Waals surface area contributed by atoms with E-state index in [-0.39, 0.29) is 12.2 Å². The molecule has 0 N–H and O–H groups in total. The van der Waals surface area contributed by atoms with Gasteiger partial charge in [-0.25, -0.2) is 0 Å². The minimum atomic E-state index is -2.42. The molecule has 0 atom stereocenters. The van der Waals surface area contributed by atoms with E-state index in [4.69, 9.17) is 13.3 Å². The molecule has 0 unspecified atom stereocenters. The molecule has 15 heavy (non-hydrogen) atoms. The predicted molar refractivity (Wildman–Crippen MR) is 64.9 cm³/mol. The third kappa shape index (κ3) is 6.30. The Morgan fingerprint density at radius 3 is 1.73 bits per heavy atom. The van der Waals surface area contributed by atoms with Gasteiger partial charge in [-0.1, -0.05) is 13.3 Å². The molecule has 0 radical (unpaired) electrons. The Balaban J connectivity index is 4.44. The molecule has 0 bridgehead atoms. The Labute approximate surface area is 95.5 Å². The van der Waals surface area contributed by atoms with Crippen LogP contribution in [0.1, 0.15) is 47.5 Å². The molecule has 3 nitrogen and oxygen atoms in total. The van der Waals surface area contributed by atoms with E-state index in [9.17, 15) is 0 Å². The standard InChI is InChI=1S/C11H26O3Si/c1-7-8-9-15(12-6,13-10(2)3)14-11(4)5/h10-11H,7-9H2,1-6H3. The zero-order valence-electron chi connectivity index (χ0n) is 11.0. The molecule has 0 aliphatic rings. The van der Waals surface area contributed by atoms with Gasteiger partial charge < -0.3 is 13.3 Å². The molecule has 4 heteroatoms. The van der Waals surface area contributed by atoms with Gasteiger partial charge in [-0.2, -0.15) is 0 Å². The lowest BCUT2D eigenvalue weighted by molar-refractivity contribution is 0.0324. The molecular weight excluding hydrogens is 208 g/mol. The molecule has 0 aromatic carbocycles. The van der Waals surface area contributed by atoms with Crippen molar-refractivity contribution >= 4 is 8.80 Å². The summed E-state index contributed by atoms with van der Waals surface area (Å²) in [5, 5.41) is 0. The lowest BCUT2D eigenvalue weighted by Gasteiger charge is -2.31. The van der Waals surface area contributed by atoms with Gasteiger partial charge in [0.2, 0.25) is 0 Å². The third-order valence-corrected chi connectivity index (χ3v) is 5.23. The zero-order chi connectivity index (χ0) is 11.9. The minimum Gasteiger partial charge on any atom is -0.377 e. The summed E-state index contributed by atoms with van der Waals surface area (Å²) >= 11 is 0. The van der Waals surface area contributed by atoms with Crippen LogP contribution in [0.25, 0.3) is 0 Å². The Kier molecular flexibility index (Phi) is 7.43. The van der Waals surface area contributed by atoms with Crippen LogP contribution in [0.15, 0.2) is 0 Å². The molecule has 0 aromatic rings. The zero-order valence-corrected chi connectivity index (χ0v) is 12.0. The van der Waals surface area contributed by atoms with E-state index >= 15 is 0 Å². The van der Waals surface area contributed by atoms with Gasteiger partial charge in [0.1, 0.15) is 0 Å². The summed E-state index contributed by atoms with van der Waals surface area (Å²) in [6, 6.07) is 0.913. The van der Waals surface area contributed by atoms with E-state index in [1.165, 1.54) is 0 Å². The highest BCUT2D eigenvalue weighted by Gasteiger charge is 2.41. The molecule has 0 spiro atoms. The Morgan fingerprint density at radius 1 is 1.00 bits per heavy atom. The average Bonchev–Trinajstić information content (AvgIpc) is 2.12. The summed E-state index contributed by atoms with van der Waals surface area (Å²) in [5.41, 5.74) is 0. The molecule has 0 saturated carbocycles. The maximum atomic E-state index is 5.89. The van der Waals surface area contributed by atoms with Gasteiger partial charge in [-0.15, -0.1) is 0 Å². The fraction of sp³-hybridized carbons (Fsp3) is 1.00. The second-order valence-electron chi connectivity index (χ2n) is 4.32. The summed E-state index contributed by atoms with van der Waals surface area (Å²) in [7, 11) is -0.716. The highest BCUT2D eigenvalue weighted by atomic mass is 28.4. The fourth-order valence-electron chi connectivity index (χ4n) is 1.46. The molecule has 92 valence electrons. The van der Waals surface area contributed by atoms with Crippen molar-refractivity contribution in [1.82, 2.24) is 0 Å². The number of unbranched alkanes of at least 4 members (excludes halogenated alkanes) is 1. The molecule has 0 saturated heterocycles. The van der Waals surface area contributed by atoms with E-state index in [0.717, 1.165) is 18.9 Å². The van der Waals surface area contributed by atoms with Crippen molar-refractivity contribution in [2.75, 3.05) is 7.11 Å². The van der Waals surface area contributed by atoms with Crippen molar-refractivity contribution in [2.45, 2.75) is 65.7 Å². The van der Waals surface area contributed by atoms with Crippen molar-refractivity contribution < 1.29 is 13.3 Å². The van der Waals surface area contributed by atoms with Crippen LogP contribution in [-0.4, -0.2) is 28.1 Å². The van der Waals surface area contributed by atoms with Crippen LogP contribution in [0.2, 0.25) is 6.04 Å². The molecular formula is C11H26O3Si. The van der Waals surface area contributed by atoms with Crippen LogP contribution in [-0.2, 0) is 13.3 Å². The summed E-state index contributed by atoms with van der Waals surface area (Å²) in [6.45, 7) is 10.3.